The number of rotatable bonds is 3. The number of hydrogen-bond donors (Lipinski definition) is 0. The summed E-state index contributed by atoms with van der Waals surface area (Å²) < 4.78 is 20.1. The lowest BCUT2D eigenvalue weighted by molar-refractivity contribution is 0.410. The average molecular weight is 256 g/mol. The molecule has 5 nitrogen and oxygen atoms in total. The smallest absolute Gasteiger partial charge is 0.176 e. The van der Waals surface area contributed by atoms with E-state index in [1.54, 1.807) is 12.1 Å². The molecule has 1 aromatic carbocycles. The second-order valence-electron chi connectivity index (χ2n) is 3.75. The van der Waals surface area contributed by atoms with Crippen LogP contribution in [0, 0.1) is 28.5 Å². The van der Waals surface area contributed by atoms with Gasteiger partial charge >= 0.3 is 0 Å². The first-order chi connectivity index (χ1) is 9.19. The molecule has 0 atom stereocenters. The summed E-state index contributed by atoms with van der Waals surface area (Å²) in [4.78, 5) is 3.80. The number of nitriles is 2. The van der Waals surface area contributed by atoms with Gasteiger partial charge in [0.2, 0.25) is 0 Å². The molecule has 19 heavy (non-hydrogen) atoms. The number of halogens is 1. The van der Waals surface area contributed by atoms with Crippen LogP contribution in [0.5, 0.6) is 5.75 Å². The summed E-state index contributed by atoms with van der Waals surface area (Å²) in [6.07, 6.45) is 1.35. The Morgan fingerprint density at radius 3 is 2.74 bits per heavy atom. The Kier molecular flexibility index (Phi) is 3.44. The standard InChI is InChI=1S/C13H9FN4O/c1-19-10-3-2-9(11(14)4-10)7-18-8-17-12(5-15)13(18)6-16/h2-4,8H,7H2,1H3. The number of benzene rings is 1. The molecule has 0 saturated heterocycles. The van der Waals surface area contributed by atoms with Crippen molar-refractivity contribution < 1.29 is 9.13 Å². The average Bonchev–Trinajstić information content (AvgIpc) is 2.82. The van der Waals surface area contributed by atoms with E-state index in [2.05, 4.69) is 4.98 Å². The molecule has 0 aliphatic rings. The van der Waals surface area contributed by atoms with E-state index in [9.17, 15) is 4.39 Å². The SMILES string of the molecule is COc1ccc(Cn2cnc(C#N)c2C#N)c(F)c1. The fraction of sp³-hybridized carbons (Fsp3) is 0.154. The number of methoxy groups -OCH3 is 1. The van der Waals surface area contributed by atoms with Crippen LogP contribution in [0.4, 0.5) is 4.39 Å². The maximum atomic E-state index is 13.8. The van der Waals surface area contributed by atoms with Crippen LogP contribution in [0.2, 0.25) is 0 Å². The highest BCUT2D eigenvalue weighted by atomic mass is 19.1. The van der Waals surface area contributed by atoms with Gasteiger partial charge in [0.15, 0.2) is 11.4 Å². The fourth-order valence-electron chi connectivity index (χ4n) is 1.67. The highest BCUT2D eigenvalue weighted by Gasteiger charge is 2.12. The Hall–Kier alpha value is -2.86. The largest absolute Gasteiger partial charge is 0.497 e. The molecule has 0 radical (unpaired) electrons. The maximum Gasteiger partial charge on any atom is 0.176 e. The molecule has 94 valence electrons. The van der Waals surface area contributed by atoms with Gasteiger partial charge in [-0.05, 0) is 6.07 Å². The molecule has 0 bridgehead atoms. The van der Waals surface area contributed by atoms with E-state index in [0.29, 0.717) is 11.3 Å². The van der Waals surface area contributed by atoms with Crippen molar-refractivity contribution in [1.29, 1.82) is 10.5 Å². The van der Waals surface area contributed by atoms with Gasteiger partial charge in [0.25, 0.3) is 0 Å². The van der Waals surface area contributed by atoms with E-state index >= 15 is 0 Å². The quantitative estimate of drug-likeness (QED) is 0.839. The van der Waals surface area contributed by atoms with Gasteiger partial charge < -0.3 is 9.30 Å². The summed E-state index contributed by atoms with van der Waals surface area (Å²) >= 11 is 0. The molecule has 1 heterocycles. The van der Waals surface area contributed by atoms with Crippen molar-refractivity contribution in [3.8, 4) is 17.9 Å². The summed E-state index contributed by atoms with van der Waals surface area (Å²) in [5.74, 6) is -0.0134. The second kappa shape index (κ2) is 5.19. The van der Waals surface area contributed by atoms with Crippen molar-refractivity contribution in [2.75, 3.05) is 7.11 Å². The molecular weight excluding hydrogens is 247 g/mol. The number of aromatic nitrogens is 2. The molecule has 0 fully saturated rings. The number of ether oxygens (including phenoxy) is 1. The lowest BCUT2D eigenvalue weighted by atomic mass is 10.2. The molecule has 0 aliphatic heterocycles. The maximum absolute atomic E-state index is 13.8. The summed E-state index contributed by atoms with van der Waals surface area (Å²) in [6, 6.07) is 8.18. The van der Waals surface area contributed by atoms with Crippen LogP contribution in [0.3, 0.4) is 0 Å². The minimum atomic E-state index is -0.435. The van der Waals surface area contributed by atoms with Gasteiger partial charge in [0, 0.05) is 11.6 Å². The zero-order valence-electron chi connectivity index (χ0n) is 10.1. The molecule has 0 aliphatic carbocycles. The Morgan fingerprint density at radius 2 is 2.16 bits per heavy atom. The van der Waals surface area contributed by atoms with E-state index < -0.39 is 5.82 Å². The van der Waals surface area contributed by atoms with Gasteiger partial charge in [-0.3, -0.25) is 0 Å². The van der Waals surface area contributed by atoms with Crippen LogP contribution >= 0.6 is 0 Å². The molecule has 0 unspecified atom stereocenters. The monoisotopic (exact) mass is 256 g/mol. The van der Waals surface area contributed by atoms with Crippen molar-refractivity contribution in [3.63, 3.8) is 0 Å². The highest BCUT2D eigenvalue weighted by Crippen LogP contribution is 2.18. The lowest BCUT2D eigenvalue weighted by Gasteiger charge is -2.07. The normalized spacial score (nSPS) is 9.68. The summed E-state index contributed by atoms with van der Waals surface area (Å²) in [5.41, 5.74) is 0.549. The van der Waals surface area contributed by atoms with Crippen molar-refractivity contribution in [2.45, 2.75) is 6.54 Å². The van der Waals surface area contributed by atoms with E-state index in [1.165, 1.54) is 24.1 Å². The van der Waals surface area contributed by atoms with Crippen LogP contribution in [-0.4, -0.2) is 16.7 Å². The van der Waals surface area contributed by atoms with Gasteiger partial charge in [-0.15, -0.1) is 0 Å². The molecule has 0 saturated carbocycles. The first-order valence-electron chi connectivity index (χ1n) is 5.37. The Balaban J connectivity index is 2.35. The van der Waals surface area contributed by atoms with Crippen LogP contribution in [0.25, 0.3) is 0 Å². The van der Waals surface area contributed by atoms with Gasteiger partial charge in [0.05, 0.1) is 20.0 Å². The minimum absolute atomic E-state index is 0.0384. The third-order valence-corrected chi connectivity index (χ3v) is 2.65. The van der Waals surface area contributed by atoms with Crippen LogP contribution < -0.4 is 4.74 Å². The van der Waals surface area contributed by atoms with E-state index in [0.717, 1.165) is 0 Å². The van der Waals surface area contributed by atoms with Crippen LogP contribution in [-0.2, 0) is 6.54 Å². The molecule has 1 aromatic heterocycles. The van der Waals surface area contributed by atoms with Crippen molar-refractivity contribution in [1.82, 2.24) is 9.55 Å². The van der Waals surface area contributed by atoms with Crippen molar-refractivity contribution in [2.24, 2.45) is 0 Å². The third kappa shape index (κ3) is 2.38. The molecule has 0 spiro atoms. The Labute approximate surface area is 109 Å². The van der Waals surface area contributed by atoms with E-state index in [1.807, 2.05) is 12.1 Å². The zero-order valence-corrected chi connectivity index (χ0v) is 10.1. The minimum Gasteiger partial charge on any atom is -0.497 e. The van der Waals surface area contributed by atoms with Crippen LogP contribution in [0.15, 0.2) is 24.5 Å². The Morgan fingerprint density at radius 1 is 1.37 bits per heavy atom. The summed E-state index contributed by atoms with van der Waals surface area (Å²) in [7, 11) is 1.46. The molecule has 2 aromatic rings. The zero-order chi connectivity index (χ0) is 13.8. The number of hydrogen-bond acceptors (Lipinski definition) is 4. The second-order valence-corrected chi connectivity index (χ2v) is 3.75. The summed E-state index contributed by atoms with van der Waals surface area (Å²) in [6.45, 7) is 0.132. The predicted octanol–water partition coefficient (Wildman–Crippen LogP) is 1.82. The van der Waals surface area contributed by atoms with E-state index in [-0.39, 0.29) is 17.9 Å². The number of nitrogens with zero attached hydrogens (tertiary/aromatic N) is 4. The first-order valence-corrected chi connectivity index (χ1v) is 5.37. The molecular formula is C13H9FN4O. The first kappa shape index (κ1) is 12.6. The Bertz CT molecular complexity index is 694. The number of imidazole rings is 1. The molecule has 0 N–H and O–H groups in total. The predicted molar refractivity (Wildman–Crippen MR) is 63.7 cm³/mol. The highest BCUT2D eigenvalue weighted by molar-refractivity contribution is 5.37. The van der Waals surface area contributed by atoms with Gasteiger partial charge in [-0.25, -0.2) is 9.37 Å². The van der Waals surface area contributed by atoms with Gasteiger partial charge in [-0.1, -0.05) is 6.07 Å². The van der Waals surface area contributed by atoms with Crippen molar-refractivity contribution in [3.05, 3.63) is 47.3 Å². The van der Waals surface area contributed by atoms with Gasteiger partial charge in [0.1, 0.15) is 23.7 Å². The topological polar surface area (TPSA) is 74.6 Å². The van der Waals surface area contributed by atoms with Crippen molar-refractivity contribution >= 4 is 0 Å². The lowest BCUT2D eigenvalue weighted by Crippen LogP contribution is -2.03. The summed E-state index contributed by atoms with van der Waals surface area (Å²) in [5, 5.41) is 17.8. The third-order valence-electron chi connectivity index (χ3n) is 2.65. The molecule has 0 amide bonds. The van der Waals surface area contributed by atoms with E-state index in [4.69, 9.17) is 15.3 Å². The molecule has 2 rings (SSSR count). The van der Waals surface area contributed by atoms with Crippen LogP contribution in [0.1, 0.15) is 17.0 Å². The fourth-order valence-corrected chi connectivity index (χ4v) is 1.67. The molecule has 6 heteroatoms. The van der Waals surface area contributed by atoms with Gasteiger partial charge in [-0.2, -0.15) is 10.5 Å².